The third-order valence-electron chi connectivity index (χ3n) is 3.69. The van der Waals surface area contributed by atoms with Crippen molar-refractivity contribution >= 4 is 0 Å². The largest absolute Gasteiger partial charge is 0.298 e. The van der Waals surface area contributed by atoms with E-state index in [1.54, 1.807) is 0 Å². The Kier molecular flexibility index (Phi) is 3.65. The first-order chi connectivity index (χ1) is 7.68. The Morgan fingerprint density at radius 2 is 1.62 bits per heavy atom. The fourth-order valence-electron chi connectivity index (χ4n) is 2.71. The third kappa shape index (κ3) is 2.85. The molecule has 1 heterocycles. The highest BCUT2D eigenvalue weighted by Gasteiger charge is 2.27. The summed E-state index contributed by atoms with van der Waals surface area (Å²) in [5, 5.41) is 0. The molecule has 0 bridgehead atoms. The summed E-state index contributed by atoms with van der Waals surface area (Å²) < 4.78 is 0. The molecule has 0 saturated carbocycles. The van der Waals surface area contributed by atoms with Crippen LogP contribution in [0.15, 0.2) is 30.3 Å². The summed E-state index contributed by atoms with van der Waals surface area (Å²) in [6.07, 6.45) is 5.32. The van der Waals surface area contributed by atoms with Gasteiger partial charge in [-0.3, -0.25) is 4.90 Å². The lowest BCUT2D eigenvalue weighted by Gasteiger charge is -2.41. The molecule has 0 N–H and O–H groups in total. The van der Waals surface area contributed by atoms with E-state index in [9.17, 15) is 0 Å². The van der Waals surface area contributed by atoms with E-state index in [1.165, 1.54) is 37.9 Å². The molecule has 1 heteroatoms. The fourth-order valence-corrected chi connectivity index (χ4v) is 2.71. The van der Waals surface area contributed by atoms with E-state index in [4.69, 9.17) is 0 Å². The van der Waals surface area contributed by atoms with Crippen LogP contribution in [0.5, 0.6) is 0 Å². The maximum Gasteiger partial charge on any atom is 0.0193 e. The van der Waals surface area contributed by atoms with Crippen LogP contribution in [-0.2, 0) is 6.42 Å². The van der Waals surface area contributed by atoms with Gasteiger partial charge in [0.2, 0.25) is 0 Å². The van der Waals surface area contributed by atoms with Gasteiger partial charge in [-0.05, 0) is 51.8 Å². The van der Waals surface area contributed by atoms with Gasteiger partial charge in [0.1, 0.15) is 0 Å². The summed E-state index contributed by atoms with van der Waals surface area (Å²) in [5.41, 5.74) is 1.76. The van der Waals surface area contributed by atoms with Crippen LogP contribution in [0.4, 0.5) is 0 Å². The van der Waals surface area contributed by atoms with Gasteiger partial charge < -0.3 is 0 Å². The standard InChI is InChI=1S/C15H23N/c1-15(2,16-11-7-4-8-12-16)13-14-9-5-3-6-10-14/h3,5-6,9-10H,4,7-8,11-13H2,1-2H3. The van der Waals surface area contributed by atoms with Crippen molar-refractivity contribution in [1.82, 2.24) is 4.90 Å². The first kappa shape index (κ1) is 11.7. The minimum absolute atomic E-state index is 0.307. The first-order valence-corrected chi connectivity index (χ1v) is 6.47. The molecule has 0 amide bonds. The summed E-state index contributed by atoms with van der Waals surface area (Å²) >= 11 is 0. The van der Waals surface area contributed by atoms with Gasteiger partial charge in [0, 0.05) is 5.54 Å². The summed E-state index contributed by atoms with van der Waals surface area (Å²) in [5.74, 6) is 0. The molecule has 0 aromatic heterocycles. The summed E-state index contributed by atoms with van der Waals surface area (Å²) in [6.45, 7) is 7.32. The lowest BCUT2D eigenvalue weighted by atomic mass is 9.91. The predicted octanol–water partition coefficient (Wildman–Crippen LogP) is 3.49. The molecule has 1 aliphatic rings. The van der Waals surface area contributed by atoms with Gasteiger partial charge in [0.25, 0.3) is 0 Å². The minimum Gasteiger partial charge on any atom is -0.298 e. The van der Waals surface area contributed by atoms with Gasteiger partial charge in [0.05, 0.1) is 0 Å². The molecule has 1 nitrogen and oxygen atoms in total. The van der Waals surface area contributed by atoms with E-state index in [0.29, 0.717) is 5.54 Å². The van der Waals surface area contributed by atoms with Gasteiger partial charge in [-0.1, -0.05) is 36.8 Å². The molecule has 0 aliphatic carbocycles. The second-order valence-electron chi connectivity index (χ2n) is 5.52. The predicted molar refractivity (Wildman–Crippen MR) is 69.6 cm³/mol. The molecule has 16 heavy (non-hydrogen) atoms. The monoisotopic (exact) mass is 217 g/mol. The number of rotatable bonds is 3. The lowest BCUT2D eigenvalue weighted by Crippen LogP contribution is -2.48. The van der Waals surface area contributed by atoms with Crippen molar-refractivity contribution in [3.63, 3.8) is 0 Å². The van der Waals surface area contributed by atoms with Gasteiger partial charge in [-0.2, -0.15) is 0 Å². The number of hydrogen-bond acceptors (Lipinski definition) is 1. The van der Waals surface area contributed by atoms with E-state index in [2.05, 4.69) is 49.1 Å². The number of piperidine rings is 1. The van der Waals surface area contributed by atoms with E-state index in [1.807, 2.05) is 0 Å². The topological polar surface area (TPSA) is 3.24 Å². The highest BCUT2D eigenvalue weighted by Crippen LogP contribution is 2.24. The van der Waals surface area contributed by atoms with Gasteiger partial charge in [-0.25, -0.2) is 0 Å². The van der Waals surface area contributed by atoms with Gasteiger partial charge in [0.15, 0.2) is 0 Å². The van der Waals surface area contributed by atoms with Gasteiger partial charge in [-0.15, -0.1) is 0 Å². The Hall–Kier alpha value is -0.820. The molecular weight excluding hydrogens is 194 g/mol. The van der Waals surface area contributed by atoms with Crippen LogP contribution in [0.1, 0.15) is 38.7 Å². The Labute approximate surface area is 99.5 Å². The SMILES string of the molecule is CC(C)(Cc1ccccc1)N1CCCCC1. The fraction of sp³-hybridized carbons (Fsp3) is 0.600. The molecule has 1 aliphatic heterocycles. The summed E-state index contributed by atoms with van der Waals surface area (Å²) in [7, 11) is 0. The Bertz CT molecular complexity index is 309. The van der Waals surface area contributed by atoms with Crippen LogP contribution in [-0.4, -0.2) is 23.5 Å². The smallest absolute Gasteiger partial charge is 0.0193 e. The zero-order chi connectivity index (χ0) is 11.4. The number of benzene rings is 1. The first-order valence-electron chi connectivity index (χ1n) is 6.47. The molecule has 1 aromatic carbocycles. The van der Waals surface area contributed by atoms with Crippen LogP contribution < -0.4 is 0 Å². The van der Waals surface area contributed by atoms with E-state index in [-0.39, 0.29) is 0 Å². The molecule has 0 radical (unpaired) electrons. The molecule has 1 saturated heterocycles. The van der Waals surface area contributed by atoms with E-state index in [0.717, 1.165) is 6.42 Å². The number of nitrogens with zero attached hydrogens (tertiary/aromatic N) is 1. The van der Waals surface area contributed by atoms with E-state index < -0.39 is 0 Å². The third-order valence-corrected chi connectivity index (χ3v) is 3.69. The van der Waals surface area contributed by atoms with Gasteiger partial charge >= 0.3 is 0 Å². The summed E-state index contributed by atoms with van der Waals surface area (Å²) in [4.78, 5) is 2.66. The second-order valence-corrected chi connectivity index (χ2v) is 5.52. The van der Waals surface area contributed by atoms with Crippen molar-refractivity contribution in [2.24, 2.45) is 0 Å². The highest BCUT2D eigenvalue weighted by atomic mass is 15.2. The van der Waals surface area contributed by atoms with Crippen molar-refractivity contribution in [2.75, 3.05) is 13.1 Å². The normalized spacial score (nSPS) is 18.6. The molecule has 88 valence electrons. The maximum absolute atomic E-state index is 2.66. The Morgan fingerprint density at radius 1 is 1.00 bits per heavy atom. The van der Waals surface area contributed by atoms with Crippen molar-refractivity contribution in [3.05, 3.63) is 35.9 Å². The Morgan fingerprint density at radius 3 is 2.25 bits per heavy atom. The summed E-state index contributed by atoms with van der Waals surface area (Å²) in [6, 6.07) is 10.9. The Balaban J connectivity index is 2.01. The molecule has 1 aromatic rings. The van der Waals surface area contributed by atoms with Crippen LogP contribution in [0.25, 0.3) is 0 Å². The molecule has 0 unspecified atom stereocenters. The molecule has 0 spiro atoms. The van der Waals surface area contributed by atoms with Crippen LogP contribution in [0.3, 0.4) is 0 Å². The zero-order valence-electron chi connectivity index (χ0n) is 10.6. The van der Waals surface area contributed by atoms with Crippen LogP contribution >= 0.6 is 0 Å². The quantitative estimate of drug-likeness (QED) is 0.749. The highest BCUT2D eigenvalue weighted by molar-refractivity contribution is 5.17. The molecule has 2 rings (SSSR count). The number of likely N-dealkylation sites (tertiary alicyclic amines) is 1. The maximum atomic E-state index is 2.66. The van der Waals surface area contributed by atoms with Crippen molar-refractivity contribution in [3.8, 4) is 0 Å². The van der Waals surface area contributed by atoms with Crippen LogP contribution in [0.2, 0.25) is 0 Å². The number of hydrogen-bond donors (Lipinski definition) is 0. The minimum atomic E-state index is 0.307. The zero-order valence-corrected chi connectivity index (χ0v) is 10.6. The van der Waals surface area contributed by atoms with Crippen molar-refractivity contribution < 1.29 is 0 Å². The molecular formula is C15H23N. The van der Waals surface area contributed by atoms with E-state index >= 15 is 0 Å². The second kappa shape index (κ2) is 5.01. The molecule has 0 atom stereocenters. The van der Waals surface area contributed by atoms with Crippen LogP contribution in [0, 0.1) is 0 Å². The lowest BCUT2D eigenvalue weighted by molar-refractivity contribution is 0.0956. The van der Waals surface area contributed by atoms with Crippen molar-refractivity contribution in [2.45, 2.75) is 45.1 Å². The average Bonchev–Trinajstić information content (AvgIpc) is 2.31. The van der Waals surface area contributed by atoms with Crippen molar-refractivity contribution in [1.29, 1.82) is 0 Å². The average molecular weight is 217 g/mol. The molecule has 1 fully saturated rings.